The van der Waals surface area contributed by atoms with Crippen molar-refractivity contribution in [1.29, 1.82) is 0 Å². The largest absolute Gasteiger partial charge is 0.311 e. The molecule has 1 heterocycles. The molecule has 2 nitrogen and oxygen atoms in total. The molecule has 0 radical (unpaired) electrons. The summed E-state index contributed by atoms with van der Waals surface area (Å²) in [6.07, 6.45) is 0.968. The van der Waals surface area contributed by atoms with Gasteiger partial charge in [-0.3, -0.25) is 0 Å². The number of nitrogens with zero attached hydrogens (tertiary/aromatic N) is 2. The first-order chi connectivity index (χ1) is 28.3. The number of para-hydroxylation sites is 3. The number of benzene rings is 9. The molecular formula is C55H38N2. The first-order valence-corrected chi connectivity index (χ1v) is 19.7. The Morgan fingerprint density at radius 2 is 0.772 bits per heavy atom. The van der Waals surface area contributed by atoms with Crippen LogP contribution >= 0.6 is 0 Å². The van der Waals surface area contributed by atoms with E-state index in [9.17, 15) is 0 Å². The van der Waals surface area contributed by atoms with Gasteiger partial charge in [-0.1, -0.05) is 164 Å². The normalized spacial score (nSPS) is 11.8. The molecule has 0 amide bonds. The molecule has 0 aliphatic heterocycles. The number of rotatable bonds is 7. The number of hydrogen-bond acceptors (Lipinski definition) is 1. The quantitative estimate of drug-likeness (QED) is 0.159. The number of aromatic nitrogens is 1. The van der Waals surface area contributed by atoms with Crippen molar-refractivity contribution in [2.24, 2.45) is 0 Å². The van der Waals surface area contributed by atoms with Crippen LogP contribution in [0.3, 0.4) is 0 Å². The molecule has 2 heteroatoms. The molecule has 1 aliphatic carbocycles. The summed E-state index contributed by atoms with van der Waals surface area (Å²) in [6, 6.07) is 79.5. The Morgan fingerprint density at radius 1 is 0.316 bits per heavy atom. The van der Waals surface area contributed by atoms with Crippen LogP contribution < -0.4 is 4.90 Å². The monoisotopic (exact) mass is 726 g/mol. The molecule has 10 aromatic rings. The molecule has 0 bridgehead atoms. The van der Waals surface area contributed by atoms with Crippen LogP contribution in [0.15, 0.2) is 218 Å². The van der Waals surface area contributed by atoms with E-state index in [2.05, 4.69) is 228 Å². The van der Waals surface area contributed by atoms with E-state index in [1.807, 2.05) is 0 Å². The highest BCUT2D eigenvalue weighted by Crippen LogP contribution is 2.43. The van der Waals surface area contributed by atoms with Crippen molar-refractivity contribution in [3.63, 3.8) is 0 Å². The van der Waals surface area contributed by atoms with Gasteiger partial charge in [0.05, 0.1) is 16.7 Å². The molecule has 0 N–H and O–H groups in total. The van der Waals surface area contributed by atoms with Gasteiger partial charge in [-0.15, -0.1) is 0 Å². The molecule has 0 fully saturated rings. The highest BCUT2D eigenvalue weighted by Gasteiger charge is 2.22. The van der Waals surface area contributed by atoms with Crippen molar-refractivity contribution in [1.82, 2.24) is 4.57 Å². The van der Waals surface area contributed by atoms with Gasteiger partial charge in [0.1, 0.15) is 0 Å². The average molecular weight is 727 g/mol. The zero-order valence-electron chi connectivity index (χ0n) is 31.4. The molecule has 0 saturated heterocycles. The van der Waals surface area contributed by atoms with Crippen molar-refractivity contribution in [3.8, 4) is 50.2 Å². The van der Waals surface area contributed by atoms with Gasteiger partial charge in [-0.05, 0) is 111 Å². The van der Waals surface area contributed by atoms with Crippen LogP contribution in [0.2, 0.25) is 0 Å². The first-order valence-electron chi connectivity index (χ1n) is 19.7. The molecule has 0 spiro atoms. The molecule has 268 valence electrons. The smallest absolute Gasteiger partial charge is 0.0541 e. The van der Waals surface area contributed by atoms with E-state index in [1.54, 1.807) is 0 Å². The fourth-order valence-electron chi connectivity index (χ4n) is 8.98. The van der Waals surface area contributed by atoms with Crippen LogP contribution in [0.1, 0.15) is 11.1 Å². The minimum absolute atomic E-state index is 0.968. The van der Waals surface area contributed by atoms with Crippen molar-refractivity contribution >= 4 is 38.9 Å². The molecular weight excluding hydrogens is 689 g/mol. The fourth-order valence-corrected chi connectivity index (χ4v) is 8.98. The lowest BCUT2D eigenvalue weighted by Crippen LogP contribution is -2.10. The van der Waals surface area contributed by atoms with Crippen LogP contribution in [-0.4, -0.2) is 4.57 Å². The lowest BCUT2D eigenvalue weighted by atomic mass is 9.95. The van der Waals surface area contributed by atoms with E-state index in [4.69, 9.17) is 0 Å². The van der Waals surface area contributed by atoms with E-state index in [1.165, 1.54) is 83.1 Å². The lowest BCUT2D eigenvalue weighted by molar-refractivity contribution is 1.18. The Hall–Kier alpha value is -7.42. The Balaban J connectivity index is 0.991. The van der Waals surface area contributed by atoms with Crippen LogP contribution in [0.4, 0.5) is 17.1 Å². The molecule has 1 aromatic heterocycles. The van der Waals surface area contributed by atoms with Gasteiger partial charge < -0.3 is 9.47 Å². The SMILES string of the molecule is c1ccc(-c2ccc(N(c3ccc(-c4ccccc4-n4c5ccccc5c5ccccc54)cc3)c3ccc(-c4cccc5c4Cc4ccccc4-5)cc3)cc2)cc1. The maximum atomic E-state index is 2.41. The maximum Gasteiger partial charge on any atom is 0.0541 e. The van der Waals surface area contributed by atoms with Gasteiger partial charge in [0.25, 0.3) is 0 Å². The van der Waals surface area contributed by atoms with E-state index in [0.717, 1.165) is 23.5 Å². The third-order valence-corrected chi connectivity index (χ3v) is 11.7. The summed E-state index contributed by atoms with van der Waals surface area (Å²) >= 11 is 0. The summed E-state index contributed by atoms with van der Waals surface area (Å²) in [5, 5.41) is 2.53. The van der Waals surface area contributed by atoms with Crippen LogP contribution in [0, 0.1) is 0 Å². The Labute approximate surface area is 333 Å². The first kappa shape index (κ1) is 33.0. The molecule has 0 saturated carbocycles. The van der Waals surface area contributed by atoms with E-state index < -0.39 is 0 Å². The molecule has 57 heavy (non-hydrogen) atoms. The van der Waals surface area contributed by atoms with Gasteiger partial charge >= 0.3 is 0 Å². The van der Waals surface area contributed by atoms with E-state index >= 15 is 0 Å². The minimum atomic E-state index is 0.968. The van der Waals surface area contributed by atoms with Crippen molar-refractivity contribution in [3.05, 3.63) is 230 Å². The third-order valence-electron chi connectivity index (χ3n) is 11.7. The van der Waals surface area contributed by atoms with Gasteiger partial charge in [0.2, 0.25) is 0 Å². The van der Waals surface area contributed by atoms with Crippen LogP contribution in [0.25, 0.3) is 72.0 Å². The summed E-state index contributed by atoms with van der Waals surface area (Å²) in [6.45, 7) is 0. The second-order valence-corrected chi connectivity index (χ2v) is 14.9. The molecule has 0 atom stereocenters. The van der Waals surface area contributed by atoms with Gasteiger partial charge in [0.15, 0.2) is 0 Å². The van der Waals surface area contributed by atoms with Crippen molar-refractivity contribution < 1.29 is 0 Å². The Kier molecular flexibility index (Phi) is 7.93. The van der Waals surface area contributed by atoms with Gasteiger partial charge in [0, 0.05) is 33.4 Å². The molecule has 1 aliphatic rings. The summed E-state index contributed by atoms with van der Waals surface area (Å²) < 4.78 is 2.41. The van der Waals surface area contributed by atoms with Crippen LogP contribution in [0.5, 0.6) is 0 Å². The lowest BCUT2D eigenvalue weighted by Gasteiger charge is -2.26. The minimum Gasteiger partial charge on any atom is -0.311 e. The molecule has 11 rings (SSSR count). The predicted molar refractivity (Wildman–Crippen MR) is 240 cm³/mol. The fraction of sp³-hybridized carbons (Fsp3) is 0.0182. The zero-order valence-corrected chi connectivity index (χ0v) is 31.4. The van der Waals surface area contributed by atoms with E-state index in [0.29, 0.717) is 0 Å². The highest BCUT2D eigenvalue weighted by molar-refractivity contribution is 6.09. The Morgan fingerprint density at radius 3 is 1.42 bits per heavy atom. The predicted octanol–water partition coefficient (Wildman–Crippen LogP) is 14.8. The van der Waals surface area contributed by atoms with Gasteiger partial charge in [-0.2, -0.15) is 0 Å². The average Bonchev–Trinajstić information content (AvgIpc) is 3.84. The molecule has 9 aromatic carbocycles. The summed E-state index contributed by atoms with van der Waals surface area (Å²) in [4.78, 5) is 2.37. The highest BCUT2D eigenvalue weighted by atomic mass is 15.1. The molecule has 0 unspecified atom stereocenters. The summed E-state index contributed by atoms with van der Waals surface area (Å²) in [5.41, 5.74) is 19.8. The summed E-state index contributed by atoms with van der Waals surface area (Å²) in [5.74, 6) is 0. The third kappa shape index (κ3) is 5.65. The van der Waals surface area contributed by atoms with Crippen molar-refractivity contribution in [2.45, 2.75) is 6.42 Å². The second kappa shape index (κ2) is 13.7. The number of hydrogen-bond donors (Lipinski definition) is 0. The number of anilines is 3. The second-order valence-electron chi connectivity index (χ2n) is 14.9. The maximum absolute atomic E-state index is 2.41. The van der Waals surface area contributed by atoms with Crippen LogP contribution in [-0.2, 0) is 6.42 Å². The van der Waals surface area contributed by atoms with Gasteiger partial charge in [-0.25, -0.2) is 0 Å². The van der Waals surface area contributed by atoms with Crippen molar-refractivity contribution in [2.75, 3.05) is 4.90 Å². The summed E-state index contributed by atoms with van der Waals surface area (Å²) in [7, 11) is 0. The Bertz CT molecular complexity index is 3010. The van der Waals surface area contributed by atoms with E-state index in [-0.39, 0.29) is 0 Å². The topological polar surface area (TPSA) is 8.17 Å². The zero-order chi connectivity index (χ0) is 37.7. The number of fused-ring (bicyclic) bond motifs is 6. The standard InChI is InChI=1S/C55H38N2/c1-2-13-38(14-3-1)39-25-31-43(32-26-39)56(44-33-27-40(28-34-44)46-20-12-21-49-47-16-5-4-15-42(47)37-52(46)49)45-35-29-41(30-36-45)48-17-6-9-22-53(48)57-54-23-10-7-18-50(54)51-19-8-11-24-55(51)57/h1-36H,37H2.